The summed E-state index contributed by atoms with van der Waals surface area (Å²) in [6, 6.07) is 3.18. The van der Waals surface area contributed by atoms with Crippen LogP contribution in [0.5, 0.6) is 11.5 Å². The molecule has 2 rings (SSSR count). The molecule has 0 fully saturated rings. The number of nitrogens with zero attached hydrogens (tertiary/aromatic N) is 1. The minimum atomic E-state index is -0.365. The van der Waals surface area contributed by atoms with E-state index in [4.69, 9.17) is 9.47 Å². The molecule has 5 nitrogen and oxygen atoms in total. The predicted octanol–water partition coefficient (Wildman–Crippen LogP) is 3.08. The molecule has 0 N–H and O–H groups in total. The van der Waals surface area contributed by atoms with Crippen LogP contribution >= 0.6 is 0 Å². The molecule has 1 unspecified atom stereocenters. The first-order valence-corrected chi connectivity index (χ1v) is 5.58. The molecule has 1 heterocycles. The normalized spacial score (nSPS) is 15.1. The summed E-state index contributed by atoms with van der Waals surface area (Å²) in [5, 5.41) is 11.1. The molecule has 0 aromatic heterocycles. The Bertz CT molecular complexity index is 456. The Labute approximate surface area is 99.5 Å². The van der Waals surface area contributed by atoms with Crippen LogP contribution in [0, 0.1) is 16.0 Å². The van der Waals surface area contributed by atoms with Gasteiger partial charge in [-0.15, -0.1) is 0 Å². The molecule has 0 spiro atoms. The van der Waals surface area contributed by atoms with E-state index >= 15 is 0 Å². The molecule has 1 aromatic carbocycles. The van der Waals surface area contributed by atoms with E-state index in [9.17, 15) is 10.1 Å². The molecule has 0 radical (unpaired) electrons. The smallest absolute Gasteiger partial charge is 0.276 e. The van der Waals surface area contributed by atoms with Gasteiger partial charge in [-0.05, 0) is 17.9 Å². The lowest BCUT2D eigenvalue weighted by molar-refractivity contribution is -0.385. The van der Waals surface area contributed by atoms with Crippen molar-refractivity contribution >= 4 is 5.69 Å². The lowest BCUT2D eigenvalue weighted by Gasteiger charge is -2.16. The van der Waals surface area contributed by atoms with E-state index in [-0.39, 0.29) is 23.3 Å². The number of fused-ring (bicyclic) bond motifs is 1. The molecule has 1 aliphatic rings. The molecule has 1 aliphatic heterocycles. The van der Waals surface area contributed by atoms with Crippen molar-refractivity contribution in [2.24, 2.45) is 5.92 Å². The highest BCUT2D eigenvalue weighted by atomic mass is 16.7. The zero-order valence-corrected chi connectivity index (χ0v) is 10.1. The Morgan fingerprint density at radius 3 is 2.35 bits per heavy atom. The van der Waals surface area contributed by atoms with Crippen LogP contribution in [0.25, 0.3) is 0 Å². The third kappa shape index (κ3) is 2.05. The van der Waals surface area contributed by atoms with E-state index in [1.165, 1.54) is 6.07 Å². The van der Waals surface area contributed by atoms with Gasteiger partial charge < -0.3 is 9.47 Å². The summed E-state index contributed by atoms with van der Waals surface area (Å²) in [6.07, 6.45) is 0. The molecule has 17 heavy (non-hydrogen) atoms. The van der Waals surface area contributed by atoms with Gasteiger partial charge in [0.15, 0.2) is 11.5 Å². The Kier molecular flexibility index (Phi) is 2.92. The van der Waals surface area contributed by atoms with Crippen molar-refractivity contribution in [3.8, 4) is 11.5 Å². The topological polar surface area (TPSA) is 61.6 Å². The third-order valence-corrected chi connectivity index (χ3v) is 3.21. The van der Waals surface area contributed by atoms with Crippen LogP contribution in [0.1, 0.15) is 32.3 Å². The SMILES string of the molecule is CC(C)C(C)c1cc2c(cc1[N+](=O)[O-])OCO2. The summed E-state index contributed by atoms with van der Waals surface area (Å²) in [5.74, 6) is 1.48. The second kappa shape index (κ2) is 4.24. The number of hydrogen-bond donors (Lipinski definition) is 0. The van der Waals surface area contributed by atoms with Crippen LogP contribution in [0.15, 0.2) is 12.1 Å². The summed E-state index contributed by atoms with van der Waals surface area (Å²) < 4.78 is 10.4. The van der Waals surface area contributed by atoms with Crippen molar-refractivity contribution < 1.29 is 14.4 Å². The number of benzene rings is 1. The molecule has 0 saturated carbocycles. The number of ether oxygens (including phenoxy) is 2. The second-order valence-electron chi connectivity index (χ2n) is 4.55. The van der Waals surface area contributed by atoms with Crippen molar-refractivity contribution in [2.75, 3.05) is 6.79 Å². The van der Waals surface area contributed by atoms with E-state index in [2.05, 4.69) is 0 Å². The largest absolute Gasteiger partial charge is 0.454 e. The van der Waals surface area contributed by atoms with E-state index in [1.807, 2.05) is 20.8 Å². The first-order valence-electron chi connectivity index (χ1n) is 5.58. The zero-order valence-electron chi connectivity index (χ0n) is 10.1. The Morgan fingerprint density at radius 2 is 1.82 bits per heavy atom. The summed E-state index contributed by atoms with van der Waals surface area (Å²) >= 11 is 0. The van der Waals surface area contributed by atoms with Gasteiger partial charge in [-0.25, -0.2) is 0 Å². The second-order valence-corrected chi connectivity index (χ2v) is 4.55. The fourth-order valence-electron chi connectivity index (χ4n) is 1.83. The maximum Gasteiger partial charge on any atom is 0.276 e. The average Bonchev–Trinajstić information content (AvgIpc) is 2.72. The van der Waals surface area contributed by atoms with Crippen molar-refractivity contribution in [3.05, 3.63) is 27.8 Å². The molecule has 0 bridgehead atoms. The van der Waals surface area contributed by atoms with Gasteiger partial charge >= 0.3 is 0 Å². The molecule has 0 saturated heterocycles. The highest BCUT2D eigenvalue weighted by Crippen LogP contribution is 2.42. The first-order chi connectivity index (χ1) is 8.00. The Balaban J connectivity index is 2.52. The van der Waals surface area contributed by atoms with Gasteiger partial charge in [-0.1, -0.05) is 20.8 Å². The van der Waals surface area contributed by atoms with Crippen molar-refractivity contribution in [1.82, 2.24) is 0 Å². The number of nitro groups is 1. The van der Waals surface area contributed by atoms with Crippen LogP contribution in [0.3, 0.4) is 0 Å². The highest BCUT2D eigenvalue weighted by molar-refractivity contribution is 5.56. The number of nitro benzene ring substituents is 1. The number of rotatable bonds is 3. The summed E-state index contributed by atoms with van der Waals surface area (Å²) in [7, 11) is 0. The van der Waals surface area contributed by atoms with Crippen molar-refractivity contribution in [3.63, 3.8) is 0 Å². The molecule has 92 valence electrons. The summed E-state index contributed by atoms with van der Waals surface area (Å²) in [6.45, 7) is 6.19. The van der Waals surface area contributed by atoms with Crippen molar-refractivity contribution in [1.29, 1.82) is 0 Å². The summed E-state index contributed by atoms with van der Waals surface area (Å²) in [4.78, 5) is 10.7. The van der Waals surface area contributed by atoms with Gasteiger partial charge in [0.2, 0.25) is 6.79 Å². The van der Waals surface area contributed by atoms with Crippen LogP contribution in [-0.4, -0.2) is 11.7 Å². The van der Waals surface area contributed by atoms with Crippen LogP contribution in [-0.2, 0) is 0 Å². The zero-order chi connectivity index (χ0) is 12.6. The molecule has 5 heteroatoms. The first kappa shape index (κ1) is 11.7. The van der Waals surface area contributed by atoms with E-state index in [0.717, 1.165) is 0 Å². The van der Waals surface area contributed by atoms with Crippen LogP contribution < -0.4 is 9.47 Å². The monoisotopic (exact) mass is 237 g/mol. The maximum atomic E-state index is 11.1. The fraction of sp³-hybridized carbons (Fsp3) is 0.500. The molecule has 0 amide bonds. The maximum absolute atomic E-state index is 11.1. The van der Waals surface area contributed by atoms with Gasteiger partial charge in [-0.3, -0.25) is 10.1 Å². The minimum Gasteiger partial charge on any atom is -0.454 e. The molecular formula is C12H15NO4. The van der Waals surface area contributed by atoms with Crippen LogP contribution in [0.2, 0.25) is 0 Å². The Morgan fingerprint density at radius 1 is 1.24 bits per heavy atom. The quantitative estimate of drug-likeness (QED) is 0.598. The Hall–Kier alpha value is -1.78. The average molecular weight is 237 g/mol. The molecule has 1 atom stereocenters. The molecule has 0 aliphatic carbocycles. The lowest BCUT2D eigenvalue weighted by atomic mass is 9.89. The van der Waals surface area contributed by atoms with Gasteiger partial charge in [0.25, 0.3) is 5.69 Å². The van der Waals surface area contributed by atoms with Gasteiger partial charge in [0.1, 0.15) is 0 Å². The highest BCUT2D eigenvalue weighted by Gasteiger charge is 2.27. The van der Waals surface area contributed by atoms with Gasteiger partial charge in [-0.2, -0.15) is 0 Å². The number of hydrogen-bond acceptors (Lipinski definition) is 4. The van der Waals surface area contributed by atoms with Gasteiger partial charge in [0.05, 0.1) is 11.0 Å². The standard InChI is InChI=1S/C12H15NO4/c1-7(2)8(3)9-4-11-12(17-6-16-11)5-10(9)13(14)15/h4-5,7-8H,6H2,1-3H3. The van der Waals surface area contributed by atoms with E-state index in [1.54, 1.807) is 6.07 Å². The van der Waals surface area contributed by atoms with E-state index in [0.29, 0.717) is 23.0 Å². The predicted molar refractivity (Wildman–Crippen MR) is 62.5 cm³/mol. The summed E-state index contributed by atoms with van der Waals surface area (Å²) in [5.41, 5.74) is 0.810. The van der Waals surface area contributed by atoms with Gasteiger partial charge in [0, 0.05) is 5.56 Å². The van der Waals surface area contributed by atoms with Crippen LogP contribution in [0.4, 0.5) is 5.69 Å². The lowest BCUT2D eigenvalue weighted by Crippen LogP contribution is -2.05. The van der Waals surface area contributed by atoms with Crippen molar-refractivity contribution in [2.45, 2.75) is 26.7 Å². The molecular weight excluding hydrogens is 222 g/mol. The third-order valence-electron chi connectivity index (χ3n) is 3.21. The fourth-order valence-corrected chi connectivity index (χ4v) is 1.83. The van der Waals surface area contributed by atoms with E-state index < -0.39 is 0 Å². The molecule has 1 aromatic rings. The minimum absolute atomic E-state index is 0.102.